The number of benzene rings is 1. The van der Waals surface area contributed by atoms with E-state index in [1.165, 1.54) is 0 Å². The summed E-state index contributed by atoms with van der Waals surface area (Å²) < 4.78 is 4.86. The molecule has 0 bridgehead atoms. The zero-order chi connectivity index (χ0) is 14.3. The molecule has 1 amide bonds. The first-order chi connectivity index (χ1) is 9.02. The third-order valence-corrected chi connectivity index (χ3v) is 2.90. The molecular formula is C13H20ClN3O2. The number of rotatable bonds is 7. The number of carbonyl (C=O) groups is 1. The second kappa shape index (κ2) is 7.99. The molecule has 0 aromatic heterocycles. The van der Waals surface area contributed by atoms with Crippen LogP contribution in [-0.4, -0.2) is 44.7 Å². The number of ether oxygens (including phenoxy) is 1. The number of likely N-dealkylation sites (N-methyl/N-ethyl adjacent to an activating group) is 1. The molecule has 0 unspecified atom stereocenters. The van der Waals surface area contributed by atoms with Crippen molar-refractivity contribution in [3.63, 3.8) is 0 Å². The number of methoxy groups -OCH3 is 1. The van der Waals surface area contributed by atoms with Crippen molar-refractivity contribution < 1.29 is 9.53 Å². The molecule has 0 aliphatic heterocycles. The number of halogens is 1. The molecule has 0 spiro atoms. The fourth-order valence-corrected chi connectivity index (χ4v) is 1.77. The topological polar surface area (TPSA) is 67.6 Å². The van der Waals surface area contributed by atoms with E-state index in [1.807, 2.05) is 24.1 Å². The van der Waals surface area contributed by atoms with Gasteiger partial charge in [0.1, 0.15) is 0 Å². The number of amides is 1. The van der Waals surface area contributed by atoms with E-state index in [-0.39, 0.29) is 5.91 Å². The van der Waals surface area contributed by atoms with Crippen LogP contribution in [-0.2, 0) is 16.1 Å². The average molecular weight is 286 g/mol. The van der Waals surface area contributed by atoms with Gasteiger partial charge >= 0.3 is 0 Å². The summed E-state index contributed by atoms with van der Waals surface area (Å²) in [4.78, 5) is 13.5. The smallest absolute Gasteiger partial charge is 0.234 e. The predicted octanol–water partition coefficient (Wildman–Crippen LogP) is 1.12. The number of carbonyl (C=O) groups excluding carboxylic acids is 1. The van der Waals surface area contributed by atoms with E-state index in [4.69, 9.17) is 22.1 Å². The molecule has 0 fully saturated rings. The van der Waals surface area contributed by atoms with Crippen LogP contribution in [0.2, 0.25) is 5.02 Å². The van der Waals surface area contributed by atoms with Gasteiger partial charge in [0, 0.05) is 20.2 Å². The Morgan fingerprint density at radius 3 is 2.89 bits per heavy atom. The monoisotopic (exact) mass is 285 g/mol. The van der Waals surface area contributed by atoms with Crippen molar-refractivity contribution in [1.82, 2.24) is 10.2 Å². The Labute approximate surface area is 118 Å². The number of hydrogen-bond donors (Lipinski definition) is 2. The number of nitrogen functional groups attached to an aromatic ring is 1. The number of nitrogens with zero attached hydrogens (tertiary/aromatic N) is 1. The van der Waals surface area contributed by atoms with Crippen LogP contribution in [0.1, 0.15) is 5.56 Å². The van der Waals surface area contributed by atoms with Crippen molar-refractivity contribution in [2.75, 3.05) is 39.6 Å². The molecule has 5 nitrogen and oxygen atoms in total. The summed E-state index contributed by atoms with van der Waals surface area (Å²) >= 11 is 5.86. The molecule has 1 aromatic rings. The lowest BCUT2D eigenvalue weighted by Crippen LogP contribution is -2.36. The Morgan fingerprint density at radius 1 is 1.53 bits per heavy atom. The molecule has 106 valence electrons. The Bertz CT molecular complexity index is 426. The third kappa shape index (κ3) is 5.92. The first-order valence-corrected chi connectivity index (χ1v) is 6.39. The van der Waals surface area contributed by atoms with Crippen LogP contribution >= 0.6 is 11.6 Å². The average Bonchev–Trinajstić information content (AvgIpc) is 2.34. The summed E-state index contributed by atoms with van der Waals surface area (Å²) in [5.41, 5.74) is 7.31. The molecule has 0 heterocycles. The maximum Gasteiger partial charge on any atom is 0.234 e. The van der Waals surface area contributed by atoms with Gasteiger partial charge in [0.2, 0.25) is 5.91 Å². The van der Waals surface area contributed by atoms with Crippen LogP contribution in [0.25, 0.3) is 0 Å². The van der Waals surface area contributed by atoms with Crippen LogP contribution in [0.4, 0.5) is 5.69 Å². The summed E-state index contributed by atoms with van der Waals surface area (Å²) in [6.45, 7) is 2.01. The molecule has 0 radical (unpaired) electrons. The molecule has 0 aliphatic carbocycles. The van der Waals surface area contributed by atoms with Crippen molar-refractivity contribution in [3.05, 3.63) is 28.8 Å². The molecule has 0 saturated heterocycles. The van der Waals surface area contributed by atoms with Crippen molar-refractivity contribution in [2.45, 2.75) is 6.54 Å². The fraction of sp³-hybridized carbons (Fsp3) is 0.462. The van der Waals surface area contributed by atoms with E-state index >= 15 is 0 Å². The van der Waals surface area contributed by atoms with Gasteiger partial charge in [0.25, 0.3) is 0 Å². The van der Waals surface area contributed by atoms with Gasteiger partial charge in [-0.1, -0.05) is 17.7 Å². The Kier molecular flexibility index (Phi) is 6.62. The summed E-state index contributed by atoms with van der Waals surface area (Å²) in [5.74, 6) is -0.0264. The number of nitrogens with one attached hydrogen (secondary N) is 1. The fourth-order valence-electron chi connectivity index (χ4n) is 1.65. The number of nitrogens with two attached hydrogens (primary N) is 1. The zero-order valence-corrected chi connectivity index (χ0v) is 12.0. The second-order valence-electron chi connectivity index (χ2n) is 4.37. The van der Waals surface area contributed by atoms with Gasteiger partial charge in [0.05, 0.1) is 23.9 Å². The summed E-state index contributed by atoms with van der Waals surface area (Å²) in [7, 11) is 3.48. The zero-order valence-electron chi connectivity index (χ0n) is 11.3. The summed E-state index contributed by atoms with van der Waals surface area (Å²) in [6.07, 6.45) is 0. The summed E-state index contributed by atoms with van der Waals surface area (Å²) in [5, 5.41) is 3.31. The molecular weight excluding hydrogens is 266 g/mol. The normalized spacial score (nSPS) is 10.7. The minimum absolute atomic E-state index is 0.0264. The van der Waals surface area contributed by atoms with Crippen LogP contribution < -0.4 is 11.1 Å². The molecule has 1 aromatic carbocycles. The van der Waals surface area contributed by atoms with Crippen LogP contribution in [0.15, 0.2) is 18.2 Å². The summed E-state index contributed by atoms with van der Waals surface area (Å²) in [6, 6.07) is 5.48. The van der Waals surface area contributed by atoms with E-state index in [9.17, 15) is 4.79 Å². The third-order valence-electron chi connectivity index (χ3n) is 2.55. The molecule has 19 heavy (non-hydrogen) atoms. The van der Waals surface area contributed by atoms with Crippen LogP contribution in [0.5, 0.6) is 0 Å². The maximum absolute atomic E-state index is 11.6. The van der Waals surface area contributed by atoms with Gasteiger partial charge in [-0.25, -0.2) is 0 Å². The van der Waals surface area contributed by atoms with Gasteiger partial charge in [-0.3, -0.25) is 9.69 Å². The highest BCUT2D eigenvalue weighted by Crippen LogP contribution is 2.19. The van der Waals surface area contributed by atoms with Crippen molar-refractivity contribution in [3.8, 4) is 0 Å². The highest BCUT2D eigenvalue weighted by atomic mass is 35.5. The van der Waals surface area contributed by atoms with Crippen molar-refractivity contribution in [1.29, 1.82) is 0 Å². The van der Waals surface area contributed by atoms with E-state index in [0.29, 0.717) is 37.0 Å². The van der Waals surface area contributed by atoms with E-state index in [1.54, 1.807) is 13.2 Å². The van der Waals surface area contributed by atoms with Crippen molar-refractivity contribution >= 4 is 23.2 Å². The van der Waals surface area contributed by atoms with Gasteiger partial charge < -0.3 is 15.8 Å². The molecule has 1 rings (SSSR count). The van der Waals surface area contributed by atoms with E-state index in [2.05, 4.69) is 5.32 Å². The number of hydrogen-bond acceptors (Lipinski definition) is 4. The largest absolute Gasteiger partial charge is 0.398 e. The van der Waals surface area contributed by atoms with Gasteiger partial charge in [-0.2, -0.15) is 0 Å². The Balaban J connectivity index is 2.39. The van der Waals surface area contributed by atoms with Gasteiger partial charge in [-0.15, -0.1) is 0 Å². The highest BCUT2D eigenvalue weighted by molar-refractivity contribution is 6.33. The minimum atomic E-state index is -0.0264. The van der Waals surface area contributed by atoms with Crippen LogP contribution in [0.3, 0.4) is 0 Å². The molecule has 3 N–H and O–H groups in total. The van der Waals surface area contributed by atoms with E-state index < -0.39 is 0 Å². The quantitative estimate of drug-likeness (QED) is 0.582. The molecule has 0 atom stereocenters. The molecule has 0 saturated carbocycles. The van der Waals surface area contributed by atoms with Gasteiger partial charge in [0.15, 0.2) is 0 Å². The second-order valence-corrected chi connectivity index (χ2v) is 4.78. The lowest BCUT2D eigenvalue weighted by atomic mass is 10.2. The lowest BCUT2D eigenvalue weighted by Gasteiger charge is -2.16. The van der Waals surface area contributed by atoms with Crippen LogP contribution in [0, 0.1) is 0 Å². The number of anilines is 1. The predicted molar refractivity (Wildman–Crippen MR) is 77.1 cm³/mol. The Hall–Kier alpha value is -1.30. The van der Waals surface area contributed by atoms with Crippen molar-refractivity contribution in [2.24, 2.45) is 0 Å². The van der Waals surface area contributed by atoms with E-state index in [0.717, 1.165) is 5.56 Å². The first-order valence-electron chi connectivity index (χ1n) is 6.01. The maximum atomic E-state index is 11.6. The Morgan fingerprint density at radius 2 is 2.26 bits per heavy atom. The lowest BCUT2D eigenvalue weighted by molar-refractivity contribution is -0.122. The standard InChI is InChI=1S/C13H20ClN3O2/c1-17(9-13(18)16-5-6-19-2)8-10-3-4-11(14)12(15)7-10/h3-4,7H,5-6,8-9,15H2,1-2H3,(H,16,18). The molecule has 0 aliphatic rings. The highest BCUT2D eigenvalue weighted by Gasteiger charge is 2.07. The SMILES string of the molecule is COCCNC(=O)CN(C)Cc1ccc(Cl)c(N)c1. The van der Waals surface area contributed by atoms with Gasteiger partial charge in [-0.05, 0) is 24.7 Å². The first kappa shape index (κ1) is 15.8. The molecule has 6 heteroatoms. The minimum Gasteiger partial charge on any atom is -0.398 e.